The van der Waals surface area contributed by atoms with Crippen molar-refractivity contribution in [2.75, 3.05) is 6.61 Å². The van der Waals surface area contributed by atoms with Crippen molar-refractivity contribution in [1.29, 1.82) is 0 Å². The van der Waals surface area contributed by atoms with E-state index in [2.05, 4.69) is 24.0 Å². The van der Waals surface area contributed by atoms with E-state index in [4.69, 9.17) is 4.74 Å². The van der Waals surface area contributed by atoms with Gasteiger partial charge in [-0.3, -0.25) is 0 Å². The predicted molar refractivity (Wildman–Crippen MR) is 46.7 cm³/mol. The molecular formula is C9H17N2O+. The van der Waals surface area contributed by atoms with E-state index in [1.54, 1.807) is 0 Å². The molecular weight excluding hydrogens is 152 g/mol. The van der Waals surface area contributed by atoms with Gasteiger partial charge in [0.15, 0.2) is 0 Å². The van der Waals surface area contributed by atoms with E-state index in [-0.39, 0.29) is 0 Å². The Morgan fingerprint density at radius 1 is 1.58 bits per heavy atom. The molecule has 0 bridgehead atoms. The number of aromatic nitrogens is 2. The van der Waals surface area contributed by atoms with Gasteiger partial charge in [-0.25, -0.2) is 9.13 Å². The summed E-state index contributed by atoms with van der Waals surface area (Å²) in [6.07, 6.45) is 6.42. The molecule has 1 rings (SSSR count). The predicted octanol–water partition coefficient (Wildman–Crippen LogP) is 0.738. The van der Waals surface area contributed by atoms with Crippen LogP contribution in [0.2, 0.25) is 0 Å². The lowest BCUT2D eigenvalue weighted by atomic mass is 10.4. The van der Waals surface area contributed by atoms with Gasteiger partial charge in [0.1, 0.15) is 18.9 Å². The standard InChI is InChI=1S/C9H17N2O/c1-4-12-9(2)7-11-6-5-10(3)8-11/h5-6,8-9H,4,7H2,1-3H3/q+1. The lowest BCUT2D eigenvalue weighted by molar-refractivity contribution is -0.703. The summed E-state index contributed by atoms with van der Waals surface area (Å²) in [5.41, 5.74) is 0. The van der Waals surface area contributed by atoms with Crippen LogP contribution >= 0.6 is 0 Å². The molecule has 0 fully saturated rings. The smallest absolute Gasteiger partial charge is 0.243 e. The summed E-state index contributed by atoms with van der Waals surface area (Å²) in [5, 5.41) is 0. The SMILES string of the molecule is CCOC(C)C[n+]1ccn(C)c1. The molecule has 68 valence electrons. The first-order valence-corrected chi connectivity index (χ1v) is 4.35. The quantitative estimate of drug-likeness (QED) is 0.608. The van der Waals surface area contributed by atoms with Crippen LogP contribution in [0.15, 0.2) is 18.7 Å². The number of imidazole rings is 1. The van der Waals surface area contributed by atoms with Gasteiger partial charge in [-0.1, -0.05) is 0 Å². The van der Waals surface area contributed by atoms with E-state index >= 15 is 0 Å². The maximum absolute atomic E-state index is 5.42. The summed E-state index contributed by atoms with van der Waals surface area (Å²) in [7, 11) is 2.02. The van der Waals surface area contributed by atoms with E-state index in [0.717, 1.165) is 13.2 Å². The van der Waals surface area contributed by atoms with Crippen molar-refractivity contribution >= 4 is 0 Å². The summed E-state index contributed by atoms with van der Waals surface area (Å²) in [5.74, 6) is 0. The van der Waals surface area contributed by atoms with Crippen LogP contribution in [0.4, 0.5) is 0 Å². The Bertz CT molecular complexity index is 232. The van der Waals surface area contributed by atoms with Gasteiger partial charge in [0.05, 0.1) is 13.2 Å². The molecule has 12 heavy (non-hydrogen) atoms. The van der Waals surface area contributed by atoms with Gasteiger partial charge in [0.2, 0.25) is 6.33 Å². The molecule has 1 aromatic rings. The van der Waals surface area contributed by atoms with Crippen LogP contribution in [-0.2, 0) is 18.3 Å². The molecule has 0 saturated carbocycles. The van der Waals surface area contributed by atoms with Gasteiger partial charge in [0.25, 0.3) is 0 Å². The first-order valence-electron chi connectivity index (χ1n) is 4.35. The van der Waals surface area contributed by atoms with Crippen molar-refractivity contribution in [1.82, 2.24) is 4.57 Å². The Labute approximate surface area is 73.6 Å². The van der Waals surface area contributed by atoms with Gasteiger partial charge in [0, 0.05) is 6.61 Å². The second-order valence-electron chi connectivity index (χ2n) is 3.04. The molecule has 0 aliphatic rings. The Balaban J connectivity index is 2.41. The van der Waals surface area contributed by atoms with Crippen LogP contribution in [0, 0.1) is 0 Å². The molecule has 0 amide bonds. The molecule has 0 aliphatic carbocycles. The second kappa shape index (κ2) is 4.26. The van der Waals surface area contributed by atoms with Crippen LogP contribution in [0.5, 0.6) is 0 Å². The first-order chi connectivity index (χ1) is 5.72. The third kappa shape index (κ3) is 2.66. The van der Waals surface area contributed by atoms with Crippen molar-refractivity contribution in [3.8, 4) is 0 Å². The minimum atomic E-state index is 0.294. The number of ether oxygens (including phenoxy) is 1. The molecule has 0 radical (unpaired) electrons. The normalized spacial score (nSPS) is 13.2. The fourth-order valence-corrected chi connectivity index (χ4v) is 1.24. The molecule has 0 saturated heterocycles. The van der Waals surface area contributed by atoms with E-state index in [1.165, 1.54) is 0 Å². The number of rotatable bonds is 4. The molecule has 1 heterocycles. The van der Waals surface area contributed by atoms with Crippen molar-refractivity contribution in [2.45, 2.75) is 26.5 Å². The Morgan fingerprint density at radius 2 is 2.33 bits per heavy atom. The lowest BCUT2D eigenvalue weighted by Gasteiger charge is -2.07. The van der Waals surface area contributed by atoms with Gasteiger partial charge in [-0.15, -0.1) is 0 Å². The highest BCUT2D eigenvalue weighted by Crippen LogP contribution is 1.89. The summed E-state index contributed by atoms with van der Waals surface area (Å²) < 4.78 is 9.58. The number of hydrogen-bond acceptors (Lipinski definition) is 1. The largest absolute Gasteiger partial charge is 0.375 e. The number of hydrogen-bond donors (Lipinski definition) is 0. The van der Waals surface area contributed by atoms with Crippen LogP contribution in [-0.4, -0.2) is 17.3 Å². The molecule has 1 atom stereocenters. The molecule has 0 N–H and O–H groups in total. The van der Waals surface area contributed by atoms with Crippen LogP contribution in [0.1, 0.15) is 13.8 Å². The Hall–Kier alpha value is -0.830. The van der Waals surface area contributed by atoms with Gasteiger partial charge in [-0.05, 0) is 13.8 Å². The second-order valence-corrected chi connectivity index (χ2v) is 3.04. The fraction of sp³-hybridized carbons (Fsp3) is 0.667. The minimum Gasteiger partial charge on any atom is -0.375 e. The minimum absolute atomic E-state index is 0.294. The summed E-state index contributed by atoms with van der Waals surface area (Å²) in [4.78, 5) is 0. The van der Waals surface area contributed by atoms with Crippen molar-refractivity contribution in [3.05, 3.63) is 18.7 Å². The Morgan fingerprint density at radius 3 is 2.83 bits per heavy atom. The summed E-state index contributed by atoms with van der Waals surface area (Å²) >= 11 is 0. The maximum atomic E-state index is 5.42. The van der Waals surface area contributed by atoms with Crippen LogP contribution in [0.3, 0.4) is 0 Å². The molecule has 1 unspecified atom stereocenters. The van der Waals surface area contributed by atoms with Crippen molar-refractivity contribution < 1.29 is 9.30 Å². The lowest BCUT2D eigenvalue weighted by Crippen LogP contribution is -2.37. The highest BCUT2D eigenvalue weighted by molar-refractivity contribution is 4.62. The molecule has 0 aliphatic heterocycles. The topological polar surface area (TPSA) is 18.0 Å². The van der Waals surface area contributed by atoms with E-state index < -0.39 is 0 Å². The summed E-state index contributed by atoms with van der Waals surface area (Å²) in [6.45, 7) is 5.82. The average molecular weight is 169 g/mol. The zero-order chi connectivity index (χ0) is 8.97. The molecule has 3 heteroatoms. The van der Waals surface area contributed by atoms with Crippen molar-refractivity contribution in [3.63, 3.8) is 0 Å². The molecule has 0 spiro atoms. The van der Waals surface area contributed by atoms with E-state index in [0.29, 0.717) is 6.10 Å². The van der Waals surface area contributed by atoms with E-state index in [1.807, 2.05) is 24.7 Å². The van der Waals surface area contributed by atoms with Gasteiger partial charge < -0.3 is 4.74 Å². The number of nitrogens with zero attached hydrogens (tertiary/aromatic N) is 2. The zero-order valence-electron chi connectivity index (χ0n) is 8.03. The van der Waals surface area contributed by atoms with E-state index in [9.17, 15) is 0 Å². The average Bonchev–Trinajstić information content (AvgIpc) is 2.36. The summed E-state index contributed by atoms with van der Waals surface area (Å²) in [6, 6.07) is 0. The Kier molecular flexibility index (Phi) is 3.29. The van der Waals surface area contributed by atoms with Crippen molar-refractivity contribution in [2.24, 2.45) is 7.05 Å². The van der Waals surface area contributed by atoms with Crippen LogP contribution in [0.25, 0.3) is 0 Å². The van der Waals surface area contributed by atoms with Crippen LogP contribution < -0.4 is 4.57 Å². The first kappa shape index (κ1) is 9.26. The molecule has 1 aromatic heterocycles. The monoisotopic (exact) mass is 169 g/mol. The fourth-order valence-electron chi connectivity index (χ4n) is 1.24. The molecule has 0 aromatic carbocycles. The maximum Gasteiger partial charge on any atom is 0.243 e. The van der Waals surface area contributed by atoms with Gasteiger partial charge in [-0.2, -0.15) is 0 Å². The highest BCUT2D eigenvalue weighted by atomic mass is 16.5. The number of aryl methyl sites for hydroxylation is 1. The zero-order valence-corrected chi connectivity index (χ0v) is 8.03. The highest BCUT2D eigenvalue weighted by Gasteiger charge is 2.06. The third-order valence-electron chi connectivity index (χ3n) is 1.74. The molecule has 3 nitrogen and oxygen atoms in total. The third-order valence-corrected chi connectivity index (χ3v) is 1.74. The van der Waals surface area contributed by atoms with Gasteiger partial charge >= 0.3 is 0 Å².